The molecule has 0 fully saturated rings. The number of carboxylic acid groups (broad SMARTS) is 2. The summed E-state index contributed by atoms with van der Waals surface area (Å²) in [4.78, 5) is 46.5. The molecule has 3 atom stereocenters. The predicted molar refractivity (Wildman–Crippen MR) is 99.4 cm³/mol. The molecule has 0 unspecified atom stereocenters. The molecule has 0 aliphatic carbocycles. The maximum atomic E-state index is 12.5. The van der Waals surface area contributed by atoms with Crippen molar-refractivity contribution < 1.29 is 34.1 Å². The average molecular weight is 394 g/mol. The Labute approximate surface area is 163 Å². The molecule has 9 nitrogen and oxygen atoms in total. The van der Waals surface area contributed by atoms with E-state index in [9.17, 15) is 24.3 Å². The number of carboxylic acids is 2. The molecule has 0 saturated carbocycles. The number of nitrogens with one attached hydrogen (secondary N) is 2. The smallest absolute Gasteiger partial charge is 0.408 e. The Bertz CT molecular complexity index is 678. The topological polar surface area (TPSA) is 142 Å². The molecule has 0 aromatic heterocycles. The number of carbonyl (C=O) groups is 4. The predicted octanol–water partition coefficient (Wildman–Crippen LogP) is 1.76. The summed E-state index contributed by atoms with van der Waals surface area (Å²) in [6.07, 6.45) is -0.925. The summed E-state index contributed by atoms with van der Waals surface area (Å²) in [5.74, 6) is -3.51. The highest BCUT2D eigenvalue weighted by atomic mass is 16.5. The van der Waals surface area contributed by atoms with Gasteiger partial charge in [0.1, 0.15) is 18.7 Å². The van der Waals surface area contributed by atoms with E-state index in [1.165, 1.54) is 0 Å². The average Bonchev–Trinajstić information content (AvgIpc) is 2.67. The van der Waals surface area contributed by atoms with E-state index in [0.717, 1.165) is 5.56 Å². The minimum Gasteiger partial charge on any atom is -0.481 e. The molecule has 0 bridgehead atoms. The van der Waals surface area contributed by atoms with Crippen molar-refractivity contribution >= 4 is 23.9 Å². The highest BCUT2D eigenvalue weighted by molar-refractivity contribution is 5.89. The van der Waals surface area contributed by atoms with E-state index in [0.29, 0.717) is 6.42 Å². The van der Waals surface area contributed by atoms with Gasteiger partial charge in [0, 0.05) is 6.42 Å². The molecule has 0 saturated heterocycles. The van der Waals surface area contributed by atoms with Gasteiger partial charge in [0.15, 0.2) is 0 Å². The first-order chi connectivity index (χ1) is 13.2. The molecule has 0 aliphatic heterocycles. The van der Waals surface area contributed by atoms with Crippen molar-refractivity contribution in [2.24, 2.45) is 5.92 Å². The van der Waals surface area contributed by atoms with E-state index in [4.69, 9.17) is 9.84 Å². The zero-order valence-electron chi connectivity index (χ0n) is 15.9. The van der Waals surface area contributed by atoms with Crippen molar-refractivity contribution in [1.29, 1.82) is 0 Å². The van der Waals surface area contributed by atoms with Gasteiger partial charge in [-0.2, -0.15) is 0 Å². The van der Waals surface area contributed by atoms with Crippen molar-refractivity contribution in [3.8, 4) is 0 Å². The number of hydrogen-bond donors (Lipinski definition) is 4. The minimum absolute atomic E-state index is 0.0257. The molecule has 28 heavy (non-hydrogen) atoms. The van der Waals surface area contributed by atoms with E-state index in [2.05, 4.69) is 10.6 Å². The number of amides is 2. The van der Waals surface area contributed by atoms with Gasteiger partial charge in [-0.25, -0.2) is 9.59 Å². The highest BCUT2D eigenvalue weighted by Crippen LogP contribution is 2.10. The fourth-order valence-electron chi connectivity index (χ4n) is 2.38. The first kappa shape index (κ1) is 22.9. The Hall–Kier alpha value is -3.10. The summed E-state index contributed by atoms with van der Waals surface area (Å²) in [7, 11) is 0. The number of hydrogen-bond acceptors (Lipinski definition) is 5. The number of benzene rings is 1. The zero-order chi connectivity index (χ0) is 21.1. The zero-order valence-corrected chi connectivity index (χ0v) is 15.9. The van der Waals surface area contributed by atoms with Gasteiger partial charge in [-0.05, 0) is 17.9 Å². The minimum atomic E-state index is -1.36. The van der Waals surface area contributed by atoms with Crippen LogP contribution in [-0.4, -0.2) is 46.2 Å². The maximum Gasteiger partial charge on any atom is 0.408 e. The van der Waals surface area contributed by atoms with Crippen molar-refractivity contribution in [2.45, 2.75) is 51.8 Å². The van der Waals surface area contributed by atoms with E-state index in [1.54, 1.807) is 31.2 Å². The van der Waals surface area contributed by atoms with Gasteiger partial charge in [0.2, 0.25) is 5.91 Å². The number of rotatable bonds is 11. The second kappa shape index (κ2) is 11.6. The van der Waals surface area contributed by atoms with Crippen LogP contribution in [0.3, 0.4) is 0 Å². The molecule has 0 spiro atoms. The van der Waals surface area contributed by atoms with Crippen LogP contribution < -0.4 is 10.6 Å². The largest absolute Gasteiger partial charge is 0.481 e. The third-order valence-electron chi connectivity index (χ3n) is 4.24. The number of carbonyl (C=O) groups excluding carboxylic acids is 2. The molecule has 0 aliphatic rings. The van der Waals surface area contributed by atoms with E-state index >= 15 is 0 Å². The van der Waals surface area contributed by atoms with Crippen LogP contribution in [-0.2, 0) is 25.7 Å². The first-order valence-corrected chi connectivity index (χ1v) is 8.96. The van der Waals surface area contributed by atoms with Gasteiger partial charge < -0.3 is 25.6 Å². The van der Waals surface area contributed by atoms with Crippen LogP contribution in [0, 0.1) is 5.92 Å². The summed E-state index contributed by atoms with van der Waals surface area (Å²) in [5, 5.41) is 22.7. The van der Waals surface area contributed by atoms with E-state index < -0.39 is 42.4 Å². The summed E-state index contributed by atoms with van der Waals surface area (Å²) in [6, 6.07) is 6.62. The quantitative estimate of drug-likeness (QED) is 0.448. The van der Waals surface area contributed by atoms with Crippen LogP contribution in [0.25, 0.3) is 0 Å². The van der Waals surface area contributed by atoms with Crippen LogP contribution in [0.2, 0.25) is 0 Å². The summed E-state index contributed by atoms with van der Waals surface area (Å²) in [6.45, 7) is 3.58. The van der Waals surface area contributed by atoms with Gasteiger partial charge in [0.25, 0.3) is 0 Å². The lowest BCUT2D eigenvalue weighted by molar-refractivity contribution is -0.143. The van der Waals surface area contributed by atoms with E-state index in [1.807, 2.05) is 13.0 Å². The Morgan fingerprint density at radius 3 is 2.25 bits per heavy atom. The standard InChI is InChI=1S/C19H26N2O7/c1-3-12(2)16(17(24)20-14(18(25)26)9-10-15(22)23)21-19(27)28-11-13-7-5-4-6-8-13/h4-8,12,14,16H,3,9-11H2,1-2H3,(H,20,24)(H,21,27)(H,22,23)(H,25,26)/t12-,14-,16-/m0/s1. The molecule has 0 radical (unpaired) electrons. The fourth-order valence-corrected chi connectivity index (χ4v) is 2.38. The molecule has 1 aromatic rings. The normalized spacial score (nSPS) is 13.6. The highest BCUT2D eigenvalue weighted by Gasteiger charge is 2.30. The second-order valence-corrected chi connectivity index (χ2v) is 6.40. The van der Waals surface area contributed by atoms with Crippen LogP contribution in [0.1, 0.15) is 38.7 Å². The Kier molecular flexibility index (Phi) is 9.49. The monoisotopic (exact) mass is 394 g/mol. The molecule has 4 N–H and O–H groups in total. The Morgan fingerprint density at radius 1 is 1.07 bits per heavy atom. The Balaban J connectivity index is 2.71. The fraction of sp³-hybridized carbons (Fsp3) is 0.474. The number of alkyl carbamates (subject to hydrolysis) is 1. The van der Waals surface area contributed by atoms with Crippen LogP contribution in [0.5, 0.6) is 0 Å². The summed E-state index contributed by atoms with van der Waals surface area (Å²) < 4.78 is 5.11. The SMILES string of the molecule is CC[C@H](C)[C@H](NC(=O)OCc1ccccc1)C(=O)N[C@@H](CCC(=O)O)C(=O)O. The summed E-state index contributed by atoms with van der Waals surface area (Å²) >= 11 is 0. The van der Waals surface area contributed by atoms with Gasteiger partial charge in [-0.15, -0.1) is 0 Å². The van der Waals surface area contributed by atoms with Gasteiger partial charge in [-0.3, -0.25) is 9.59 Å². The van der Waals surface area contributed by atoms with Gasteiger partial charge >= 0.3 is 18.0 Å². The van der Waals surface area contributed by atoms with Crippen molar-refractivity contribution in [3.63, 3.8) is 0 Å². The van der Waals surface area contributed by atoms with Gasteiger partial charge in [-0.1, -0.05) is 50.6 Å². The molecule has 154 valence electrons. The number of ether oxygens (including phenoxy) is 1. The molecular formula is C19H26N2O7. The lowest BCUT2D eigenvalue weighted by Crippen LogP contribution is -2.54. The lowest BCUT2D eigenvalue weighted by atomic mass is 9.98. The van der Waals surface area contributed by atoms with Gasteiger partial charge in [0.05, 0.1) is 0 Å². The molecule has 0 heterocycles. The van der Waals surface area contributed by atoms with Crippen molar-refractivity contribution in [3.05, 3.63) is 35.9 Å². The van der Waals surface area contributed by atoms with Crippen LogP contribution in [0.15, 0.2) is 30.3 Å². The van der Waals surface area contributed by atoms with E-state index in [-0.39, 0.29) is 18.9 Å². The number of aliphatic carboxylic acids is 2. The van der Waals surface area contributed by atoms with Crippen molar-refractivity contribution in [1.82, 2.24) is 10.6 Å². The second-order valence-electron chi connectivity index (χ2n) is 6.40. The molecular weight excluding hydrogens is 368 g/mol. The maximum absolute atomic E-state index is 12.5. The molecule has 2 amide bonds. The third kappa shape index (κ3) is 8.07. The Morgan fingerprint density at radius 2 is 1.71 bits per heavy atom. The summed E-state index contributed by atoms with van der Waals surface area (Å²) in [5.41, 5.74) is 0.779. The molecule has 9 heteroatoms. The third-order valence-corrected chi connectivity index (χ3v) is 4.24. The van der Waals surface area contributed by atoms with Crippen LogP contribution >= 0.6 is 0 Å². The van der Waals surface area contributed by atoms with Crippen LogP contribution in [0.4, 0.5) is 4.79 Å². The van der Waals surface area contributed by atoms with Crippen molar-refractivity contribution in [2.75, 3.05) is 0 Å². The lowest BCUT2D eigenvalue weighted by Gasteiger charge is -2.25. The molecule has 1 aromatic carbocycles. The first-order valence-electron chi connectivity index (χ1n) is 8.96. The molecule has 1 rings (SSSR count).